The van der Waals surface area contributed by atoms with Crippen LogP contribution in [0.2, 0.25) is 0 Å². The van der Waals surface area contributed by atoms with Crippen molar-refractivity contribution in [2.24, 2.45) is 5.41 Å². The highest BCUT2D eigenvalue weighted by Crippen LogP contribution is 2.31. The Bertz CT molecular complexity index is 286. The molecule has 2 heterocycles. The number of nitrogens with one attached hydrogen (secondary N) is 1. The van der Waals surface area contributed by atoms with Gasteiger partial charge in [-0.3, -0.25) is 4.90 Å². The minimum atomic E-state index is -0.510. The third-order valence-electron chi connectivity index (χ3n) is 4.38. The molecule has 19 heavy (non-hydrogen) atoms. The van der Waals surface area contributed by atoms with E-state index in [1.165, 1.54) is 0 Å². The fourth-order valence-corrected chi connectivity index (χ4v) is 3.32. The maximum Gasteiger partial charge on any atom is 0.0746 e. The van der Waals surface area contributed by atoms with Crippen LogP contribution >= 0.6 is 0 Å². The zero-order valence-corrected chi connectivity index (χ0v) is 12.7. The number of β-amino-alcohol motifs (C(OH)–C–C–N with tert-alkyl or cyclic N) is 1. The quantitative estimate of drug-likeness (QED) is 0.789. The van der Waals surface area contributed by atoms with E-state index in [4.69, 9.17) is 4.74 Å². The summed E-state index contributed by atoms with van der Waals surface area (Å²) in [6.45, 7) is 12.0. The third-order valence-corrected chi connectivity index (χ3v) is 4.38. The molecular formula is C15H30N2O2. The number of nitrogens with zero attached hydrogens (tertiary/aromatic N) is 1. The van der Waals surface area contributed by atoms with Gasteiger partial charge in [-0.15, -0.1) is 0 Å². The van der Waals surface area contributed by atoms with Gasteiger partial charge in [0, 0.05) is 37.7 Å². The van der Waals surface area contributed by atoms with Gasteiger partial charge in [0.1, 0.15) is 0 Å². The van der Waals surface area contributed by atoms with Crippen molar-refractivity contribution in [2.45, 2.75) is 51.7 Å². The highest BCUT2D eigenvalue weighted by molar-refractivity contribution is 4.92. The number of ether oxygens (including phenoxy) is 1. The van der Waals surface area contributed by atoms with Crippen LogP contribution in [0.25, 0.3) is 0 Å². The molecule has 2 rings (SSSR count). The van der Waals surface area contributed by atoms with Gasteiger partial charge in [-0.05, 0) is 32.7 Å². The van der Waals surface area contributed by atoms with Crippen molar-refractivity contribution < 1.29 is 9.84 Å². The Morgan fingerprint density at radius 2 is 2.16 bits per heavy atom. The topological polar surface area (TPSA) is 44.7 Å². The fourth-order valence-electron chi connectivity index (χ4n) is 3.32. The van der Waals surface area contributed by atoms with Crippen LogP contribution < -0.4 is 5.32 Å². The SMILES string of the molecule is CC(C)NCC1(CN2CCCC(C)(O)C2)CCOC1. The molecule has 0 bridgehead atoms. The van der Waals surface area contributed by atoms with Gasteiger partial charge in [0.25, 0.3) is 0 Å². The van der Waals surface area contributed by atoms with E-state index < -0.39 is 5.60 Å². The smallest absolute Gasteiger partial charge is 0.0746 e. The lowest BCUT2D eigenvalue weighted by Crippen LogP contribution is -2.52. The number of likely N-dealkylation sites (tertiary alicyclic amines) is 1. The van der Waals surface area contributed by atoms with E-state index in [2.05, 4.69) is 24.1 Å². The van der Waals surface area contributed by atoms with Crippen molar-refractivity contribution in [3.05, 3.63) is 0 Å². The van der Waals surface area contributed by atoms with Gasteiger partial charge < -0.3 is 15.2 Å². The Morgan fingerprint density at radius 3 is 2.74 bits per heavy atom. The molecule has 2 aliphatic rings. The standard InChI is InChI=1S/C15H30N2O2/c1-13(2)16-9-15(6-8-19-12-15)11-17-7-4-5-14(3,18)10-17/h13,16,18H,4-12H2,1-3H3. The number of aliphatic hydroxyl groups is 1. The van der Waals surface area contributed by atoms with Crippen LogP contribution in [0.15, 0.2) is 0 Å². The van der Waals surface area contributed by atoms with Crippen molar-refractivity contribution in [3.63, 3.8) is 0 Å². The molecular weight excluding hydrogens is 240 g/mol. The van der Waals surface area contributed by atoms with Crippen molar-refractivity contribution in [1.82, 2.24) is 10.2 Å². The maximum absolute atomic E-state index is 10.2. The summed E-state index contributed by atoms with van der Waals surface area (Å²) in [6, 6.07) is 0.516. The zero-order chi connectivity index (χ0) is 13.9. The largest absolute Gasteiger partial charge is 0.389 e. The van der Waals surface area contributed by atoms with Gasteiger partial charge in [0.15, 0.2) is 0 Å². The van der Waals surface area contributed by atoms with Gasteiger partial charge in [-0.1, -0.05) is 13.8 Å². The first-order valence-corrected chi connectivity index (χ1v) is 7.67. The van der Waals surface area contributed by atoms with Gasteiger partial charge in [-0.25, -0.2) is 0 Å². The van der Waals surface area contributed by atoms with Gasteiger partial charge in [-0.2, -0.15) is 0 Å². The second-order valence-electron chi connectivity index (χ2n) is 7.15. The minimum absolute atomic E-state index is 0.234. The predicted octanol–water partition coefficient (Wildman–Crippen LogP) is 1.24. The summed E-state index contributed by atoms with van der Waals surface area (Å²) < 4.78 is 5.66. The summed E-state index contributed by atoms with van der Waals surface area (Å²) in [4.78, 5) is 2.43. The highest BCUT2D eigenvalue weighted by Gasteiger charge is 2.39. The van der Waals surface area contributed by atoms with E-state index >= 15 is 0 Å². The molecule has 0 aromatic carbocycles. The van der Waals surface area contributed by atoms with E-state index in [0.29, 0.717) is 6.04 Å². The van der Waals surface area contributed by atoms with Crippen LogP contribution in [0.4, 0.5) is 0 Å². The van der Waals surface area contributed by atoms with Gasteiger partial charge in [0.2, 0.25) is 0 Å². The van der Waals surface area contributed by atoms with E-state index in [9.17, 15) is 5.11 Å². The average Bonchev–Trinajstić information content (AvgIpc) is 2.74. The lowest BCUT2D eigenvalue weighted by atomic mass is 9.84. The fraction of sp³-hybridized carbons (Fsp3) is 1.00. The Labute approximate surface area is 117 Å². The molecule has 0 aromatic heterocycles. The molecule has 2 N–H and O–H groups in total. The number of hydrogen-bond acceptors (Lipinski definition) is 4. The molecule has 0 aliphatic carbocycles. The molecule has 2 fully saturated rings. The van der Waals surface area contributed by atoms with E-state index in [-0.39, 0.29) is 5.41 Å². The first kappa shape index (κ1) is 15.2. The summed E-state index contributed by atoms with van der Waals surface area (Å²) in [6.07, 6.45) is 3.16. The van der Waals surface area contributed by atoms with E-state index in [0.717, 1.165) is 58.7 Å². The predicted molar refractivity (Wildman–Crippen MR) is 77.3 cm³/mol. The first-order valence-electron chi connectivity index (χ1n) is 7.67. The van der Waals surface area contributed by atoms with Crippen LogP contribution in [0.3, 0.4) is 0 Å². The third kappa shape index (κ3) is 4.42. The van der Waals surface area contributed by atoms with Crippen LogP contribution in [-0.2, 0) is 4.74 Å². The summed E-state index contributed by atoms with van der Waals surface area (Å²) in [7, 11) is 0. The zero-order valence-electron chi connectivity index (χ0n) is 12.7. The molecule has 2 unspecified atom stereocenters. The number of hydrogen-bond donors (Lipinski definition) is 2. The minimum Gasteiger partial charge on any atom is -0.389 e. The highest BCUT2D eigenvalue weighted by atomic mass is 16.5. The van der Waals surface area contributed by atoms with Crippen LogP contribution in [0.5, 0.6) is 0 Å². The van der Waals surface area contributed by atoms with Crippen LogP contribution in [0, 0.1) is 5.41 Å². The van der Waals surface area contributed by atoms with Gasteiger partial charge in [0.05, 0.1) is 12.2 Å². The molecule has 0 amide bonds. The van der Waals surface area contributed by atoms with Gasteiger partial charge >= 0.3 is 0 Å². The molecule has 2 atom stereocenters. The molecule has 4 nitrogen and oxygen atoms in total. The van der Waals surface area contributed by atoms with Crippen molar-refractivity contribution in [3.8, 4) is 0 Å². The summed E-state index contributed by atoms with van der Waals surface area (Å²) in [5.74, 6) is 0. The lowest BCUT2D eigenvalue weighted by molar-refractivity contribution is -0.0296. The molecule has 2 saturated heterocycles. The monoisotopic (exact) mass is 270 g/mol. The second kappa shape index (κ2) is 6.08. The lowest BCUT2D eigenvalue weighted by Gasteiger charge is -2.41. The number of piperidine rings is 1. The molecule has 0 spiro atoms. The Hall–Kier alpha value is -0.160. The van der Waals surface area contributed by atoms with E-state index in [1.54, 1.807) is 0 Å². The summed E-state index contributed by atoms with van der Waals surface area (Å²) >= 11 is 0. The Balaban J connectivity index is 1.92. The van der Waals surface area contributed by atoms with Crippen molar-refractivity contribution >= 4 is 0 Å². The summed E-state index contributed by atoms with van der Waals surface area (Å²) in [5, 5.41) is 13.8. The van der Waals surface area contributed by atoms with Crippen LogP contribution in [0.1, 0.15) is 40.0 Å². The molecule has 4 heteroatoms. The van der Waals surface area contributed by atoms with Crippen LogP contribution in [-0.4, -0.2) is 61.0 Å². The molecule has 0 radical (unpaired) electrons. The molecule has 0 aromatic rings. The Kier molecular flexibility index (Phi) is 4.88. The summed E-state index contributed by atoms with van der Waals surface area (Å²) in [5.41, 5.74) is -0.276. The normalized spacial score (nSPS) is 37.1. The van der Waals surface area contributed by atoms with E-state index in [1.807, 2.05) is 6.92 Å². The molecule has 2 aliphatic heterocycles. The second-order valence-corrected chi connectivity index (χ2v) is 7.15. The van der Waals surface area contributed by atoms with Crippen molar-refractivity contribution in [2.75, 3.05) is 39.4 Å². The van der Waals surface area contributed by atoms with Crippen molar-refractivity contribution in [1.29, 1.82) is 0 Å². The first-order chi connectivity index (χ1) is 8.91. The Morgan fingerprint density at radius 1 is 1.37 bits per heavy atom. The number of rotatable bonds is 5. The average molecular weight is 270 g/mol. The molecule has 112 valence electrons. The maximum atomic E-state index is 10.2. The molecule has 0 saturated carbocycles.